The molecule has 2 N–H and O–H groups in total. The highest BCUT2D eigenvalue weighted by Crippen LogP contribution is 2.22. The molecule has 1 fully saturated rings. The highest BCUT2D eigenvalue weighted by molar-refractivity contribution is 5.96. The van der Waals surface area contributed by atoms with Crippen molar-refractivity contribution in [2.45, 2.75) is 6.92 Å². The van der Waals surface area contributed by atoms with Gasteiger partial charge in [0, 0.05) is 44.4 Å². The molecule has 1 aliphatic rings. The molecule has 0 saturated carbocycles. The molecule has 132 valence electrons. The van der Waals surface area contributed by atoms with Gasteiger partial charge in [-0.25, -0.2) is 4.79 Å². The zero-order valence-electron chi connectivity index (χ0n) is 13.8. The number of rotatable bonds is 4. The third-order valence-electron chi connectivity index (χ3n) is 3.88. The maximum Gasteiger partial charge on any atom is 0.325 e. The fraction of sp³-hybridized carbons (Fsp3) is 0.375. The standard InChI is InChI=1S/C16H19N5O4/c1-11-18-15(19-25-11)12-2-4-13(5-3-12)21(10-14(22)23)16(24)20-8-6-17-7-9-20/h2-5,17H,6-10H2,1H3,(H,22,23). The number of anilines is 1. The summed E-state index contributed by atoms with van der Waals surface area (Å²) in [6, 6.07) is 6.53. The highest BCUT2D eigenvalue weighted by atomic mass is 16.5. The van der Waals surface area contributed by atoms with Crippen molar-refractivity contribution in [1.82, 2.24) is 20.4 Å². The Balaban J connectivity index is 1.82. The molecule has 1 aliphatic heterocycles. The molecule has 25 heavy (non-hydrogen) atoms. The average molecular weight is 345 g/mol. The Labute approximate surface area is 144 Å². The monoisotopic (exact) mass is 345 g/mol. The minimum absolute atomic E-state index is 0.313. The SMILES string of the molecule is Cc1nc(-c2ccc(N(CC(=O)O)C(=O)N3CCNCC3)cc2)no1. The van der Waals surface area contributed by atoms with Gasteiger partial charge in [0.1, 0.15) is 6.54 Å². The molecule has 2 aromatic rings. The highest BCUT2D eigenvalue weighted by Gasteiger charge is 2.25. The first-order valence-electron chi connectivity index (χ1n) is 7.94. The maximum absolute atomic E-state index is 12.7. The maximum atomic E-state index is 12.7. The summed E-state index contributed by atoms with van der Waals surface area (Å²) >= 11 is 0. The van der Waals surface area contributed by atoms with E-state index < -0.39 is 12.5 Å². The number of carbonyl (C=O) groups is 2. The van der Waals surface area contributed by atoms with E-state index in [0.717, 1.165) is 5.56 Å². The molecule has 0 atom stereocenters. The third kappa shape index (κ3) is 3.94. The van der Waals surface area contributed by atoms with E-state index >= 15 is 0 Å². The van der Waals surface area contributed by atoms with Crippen LogP contribution in [0.5, 0.6) is 0 Å². The second-order valence-electron chi connectivity index (χ2n) is 5.68. The van der Waals surface area contributed by atoms with Crippen LogP contribution in [0.3, 0.4) is 0 Å². The van der Waals surface area contributed by atoms with Crippen molar-refractivity contribution < 1.29 is 19.2 Å². The number of amides is 2. The molecule has 1 aromatic heterocycles. The van der Waals surface area contributed by atoms with E-state index in [1.165, 1.54) is 4.90 Å². The minimum Gasteiger partial charge on any atom is -0.480 e. The van der Waals surface area contributed by atoms with Crippen LogP contribution < -0.4 is 10.2 Å². The number of aliphatic carboxylic acids is 1. The summed E-state index contributed by atoms with van der Waals surface area (Å²) in [7, 11) is 0. The van der Waals surface area contributed by atoms with Crippen molar-refractivity contribution in [3.63, 3.8) is 0 Å². The lowest BCUT2D eigenvalue weighted by Gasteiger charge is -2.32. The number of urea groups is 1. The lowest BCUT2D eigenvalue weighted by molar-refractivity contribution is -0.135. The van der Waals surface area contributed by atoms with E-state index in [4.69, 9.17) is 4.52 Å². The van der Waals surface area contributed by atoms with Crippen LogP contribution >= 0.6 is 0 Å². The van der Waals surface area contributed by atoms with Gasteiger partial charge in [-0.15, -0.1) is 0 Å². The lowest BCUT2D eigenvalue weighted by atomic mass is 10.2. The summed E-state index contributed by atoms with van der Waals surface area (Å²) in [5.74, 6) is -0.163. The number of nitrogens with one attached hydrogen (secondary N) is 1. The van der Waals surface area contributed by atoms with Crippen LogP contribution in [0.4, 0.5) is 10.5 Å². The summed E-state index contributed by atoms with van der Waals surface area (Å²) in [5, 5.41) is 16.2. The molecule has 0 spiro atoms. The first kappa shape index (κ1) is 16.9. The summed E-state index contributed by atoms with van der Waals surface area (Å²) in [4.78, 5) is 31.0. The number of carboxylic acid groups (broad SMARTS) is 1. The number of benzene rings is 1. The molecule has 2 amide bonds. The molecule has 0 radical (unpaired) electrons. The Morgan fingerprint density at radius 3 is 2.52 bits per heavy atom. The summed E-state index contributed by atoms with van der Waals surface area (Å²) in [6.45, 7) is 3.80. The van der Waals surface area contributed by atoms with Gasteiger partial charge >= 0.3 is 12.0 Å². The van der Waals surface area contributed by atoms with Crippen molar-refractivity contribution in [1.29, 1.82) is 0 Å². The third-order valence-corrected chi connectivity index (χ3v) is 3.88. The van der Waals surface area contributed by atoms with Gasteiger partial charge in [-0.2, -0.15) is 4.98 Å². The molecule has 0 bridgehead atoms. The van der Waals surface area contributed by atoms with Gasteiger partial charge in [-0.1, -0.05) is 5.16 Å². The smallest absolute Gasteiger partial charge is 0.325 e. The van der Waals surface area contributed by atoms with Gasteiger partial charge in [0.2, 0.25) is 11.7 Å². The molecule has 9 heteroatoms. The van der Waals surface area contributed by atoms with Crippen molar-refractivity contribution in [2.24, 2.45) is 0 Å². The predicted molar refractivity (Wildman–Crippen MR) is 89.3 cm³/mol. The van der Waals surface area contributed by atoms with Crippen LogP contribution in [0.25, 0.3) is 11.4 Å². The average Bonchev–Trinajstić information content (AvgIpc) is 3.06. The molecular formula is C16H19N5O4. The van der Waals surface area contributed by atoms with E-state index in [0.29, 0.717) is 43.6 Å². The summed E-state index contributed by atoms with van der Waals surface area (Å²) in [6.07, 6.45) is 0. The molecule has 0 aliphatic carbocycles. The normalized spacial score (nSPS) is 14.4. The Morgan fingerprint density at radius 1 is 1.28 bits per heavy atom. The number of carboxylic acids is 1. The van der Waals surface area contributed by atoms with Crippen molar-refractivity contribution in [2.75, 3.05) is 37.6 Å². The zero-order chi connectivity index (χ0) is 17.8. The van der Waals surface area contributed by atoms with Crippen molar-refractivity contribution >= 4 is 17.7 Å². The Morgan fingerprint density at radius 2 is 1.96 bits per heavy atom. The van der Waals surface area contributed by atoms with E-state index in [2.05, 4.69) is 15.5 Å². The van der Waals surface area contributed by atoms with Crippen LogP contribution in [0, 0.1) is 6.92 Å². The quantitative estimate of drug-likeness (QED) is 0.849. The van der Waals surface area contributed by atoms with Gasteiger partial charge < -0.3 is 19.8 Å². The Kier molecular flexibility index (Phi) is 4.94. The molecule has 1 saturated heterocycles. The van der Waals surface area contributed by atoms with Crippen LogP contribution in [0.2, 0.25) is 0 Å². The predicted octanol–water partition coefficient (Wildman–Crippen LogP) is 0.961. The number of aromatic nitrogens is 2. The molecular weight excluding hydrogens is 326 g/mol. The number of nitrogens with zero attached hydrogens (tertiary/aromatic N) is 4. The summed E-state index contributed by atoms with van der Waals surface area (Å²) < 4.78 is 4.95. The Bertz CT molecular complexity index is 752. The fourth-order valence-electron chi connectivity index (χ4n) is 2.64. The van der Waals surface area contributed by atoms with Crippen LogP contribution in [0.15, 0.2) is 28.8 Å². The Hall–Kier alpha value is -2.94. The number of piperazine rings is 1. The van der Waals surface area contributed by atoms with Crippen molar-refractivity contribution in [3.8, 4) is 11.4 Å². The molecule has 9 nitrogen and oxygen atoms in total. The van der Waals surface area contributed by atoms with Gasteiger partial charge in [0.25, 0.3) is 0 Å². The van der Waals surface area contributed by atoms with Gasteiger partial charge in [-0.05, 0) is 24.3 Å². The zero-order valence-corrected chi connectivity index (χ0v) is 13.8. The molecule has 3 rings (SSSR count). The number of carbonyl (C=O) groups excluding carboxylic acids is 1. The molecule has 0 unspecified atom stereocenters. The molecule has 1 aromatic carbocycles. The second kappa shape index (κ2) is 7.31. The van der Waals surface area contributed by atoms with E-state index in [1.54, 1.807) is 36.1 Å². The largest absolute Gasteiger partial charge is 0.480 e. The van der Waals surface area contributed by atoms with Gasteiger partial charge in [0.15, 0.2) is 0 Å². The number of hydrogen-bond donors (Lipinski definition) is 2. The fourth-order valence-corrected chi connectivity index (χ4v) is 2.64. The van der Waals surface area contributed by atoms with E-state index in [9.17, 15) is 14.7 Å². The van der Waals surface area contributed by atoms with Crippen LogP contribution in [0.1, 0.15) is 5.89 Å². The summed E-state index contributed by atoms with van der Waals surface area (Å²) in [5.41, 5.74) is 1.24. The second-order valence-corrected chi connectivity index (χ2v) is 5.68. The topological polar surface area (TPSA) is 112 Å². The van der Waals surface area contributed by atoms with Crippen LogP contribution in [-0.4, -0.2) is 64.9 Å². The first-order valence-corrected chi connectivity index (χ1v) is 7.94. The lowest BCUT2D eigenvalue weighted by Crippen LogP contribution is -2.52. The number of hydrogen-bond acceptors (Lipinski definition) is 6. The first-order chi connectivity index (χ1) is 12.0. The van der Waals surface area contributed by atoms with Crippen LogP contribution in [-0.2, 0) is 4.79 Å². The van der Waals surface area contributed by atoms with E-state index in [-0.39, 0.29) is 6.03 Å². The van der Waals surface area contributed by atoms with E-state index in [1.807, 2.05) is 0 Å². The van der Waals surface area contributed by atoms with Gasteiger partial charge in [0.05, 0.1) is 0 Å². The van der Waals surface area contributed by atoms with Gasteiger partial charge in [-0.3, -0.25) is 9.69 Å². The molecule has 2 heterocycles. The van der Waals surface area contributed by atoms with Crippen molar-refractivity contribution in [3.05, 3.63) is 30.2 Å². The number of aryl methyl sites for hydroxylation is 1. The minimum atomic E-state index is -1.07.